The molecule has 0 atom stereocenters. The van der Waals surface area contributed by atoms with Gasteiger partial charge in [0.2, 0.25) is 0 Å². The Morgan fingerprint density at radius 1 is 1.06 bits per heavy atom. The van der Waals surface area contributed by atoms with Gasteiger partial charge in [0.15, 0.2) is 11.5 Å². The Labute approximate surface area is 213 Å². The van der Waals surface area contributed by atoms with Gasteiger partial charge in [-0.25, -0.2) is 13.8 Å². The SMILES string of the molecule is CCc1ccccc1N(CC(=O)N/N=C\c1cc(Br)c(OC)c(OC)c1)S(=O)(=O)c1ccccc1. The maximum absolute atomic E-state index is 13.5. The molecule has 0 aromatic heterocycles. The van der Waals surface area contributed by atoms with Crippen LogP contribution in [0.4, 0.5) is 5.69 Å². The first kappa shape index (κ1) is 26.2. The lowest BCUT2D eigenvalue weighted by atomic mass is 10.1. The highest BCUT2D eigenvalue weighted by atomic mass is 79.9. The second-order valence-electron chi connectivity index (χ2n) is 7.34. The molecule has 0 aliphatic heterocycles. The van der Waals surface area contributed by atoms with E-state index >= 15 is 0 Å². The number of carbonyl (C=O) groups is 1. The van der Waals surface area contributed by atoms with Crippen LogP contribution in [0.15, 0.2) is 81.2 Å². The van der Waals surface area contributed by atoms with E-state index in [-0.39, 0.29) is 4.90 Å². The van der Waals surface area contributed by atoms with Gasteiger partial charge in [-0.05, 0) is 63.8 Å². The first-order valence-corrected chi connectivity index (χ1v) is 12.9. The van der Waals surface area contributed by atoms with Crippen molar-refractivity contribution in [3.05, 3.63) is 82.3 Å². The molecule has 0 aliphatic rings. The van der Waals surface area contributed by atoms with Crippen LogP contribution in [0.3, 0.4) is 0 Å². The number of methoxy groups -OCH3 is 2. The number of hydrogen-bond donors (Lipinski definition) is 1. The zero-order chi connectivity index (χ0) is 25.4. The van der Waals surface area contributed by atoms with Crippen molar-refractivity contribution in [1.82, 2.24) is 5.43 Å². The van der Waals surface area contributed by atoms with E-state index in [9.17, 15) is 13.2 Å². The molecule has 1 N–H and O–H groups in total. The van der Waals surface area contributed by atoms with E-state index in [1.165, 1.54) is 32.6 Å². The number of para-hydroxylation sites is 1. The van der Waals surface area contributed by atoms with Gasteiger partial charge in [0.05, 0.1) is 35.5 Å². The highest BCUT2D eigenvalue weighted by molar-refractivity contribution is 9.10. The molecule has 0 aliphatic carbocycles. The van der Waals surface area contributed by atoms with Gasteiger partial charge < -0.3 is 9.47 Å². The summed E-state index contributed by atoms with van der Waals surface area (Å²) < 4.78 is 39.3. The topological polar surface area (TPSA) is 97.3 Å². The third-order valence-electron chi connectivity index (χ3n) is 5.12. The van der Waals surface area contributed by atoms with Crippen molar-refractivity contribution in [2.45, 2.75) is 18.2 Å². The molecule has 0 fully saturated rings. The van der Waals surface area contributed by atoms with Gasteiger partial charge >= 0.3 is 0 Å². The minimum Gasteiger partial charge on any atom is -0.493 e. The van der Waals surface area contributed by atoms with Gasteiger partial charge in [-0.2, -0.15) is 5.10 Å². The molecule has 1 amide bonds. The van der Waals surface area contributed by atoms with E-state index in [0.717, 1.165) is 9.87 Å². The van der Waals surface area contributed by atoms with Crippen LogP contribution in [0.5, 0.6) is 11.5 Å². The van der Waals surface area contributed by atoms with Crippen molar-refractivity contribution in [3.63, 3.8) is 0 Å². The van der Waals surface area contributed by atoms with E-state index in [1.807, 2.05) is 19.1 Å². The van der Waals surface area contributed by atoms with E-state index < -0.39 is 22.5 Å². The molecule has 0 spiro atoms. The van der Waals surface area contributed by atoms with Gasteiger partial charge in [-0.1, -0.05) is 43.3 Å². The molecule has 3 aromatic carbocycles. The number of halogens is 1. The number of amides is 1. The lowest BCUT2D eigenvalue weighted by Crippen LogP contribution is -2.40. The Balaban J connectivity index is 1.86. The second-order valence-corrected chi connectivity index (χ2v) is 10.1. The number of rotatable bonds is 10. The van der Waals surface area contributed by atoms with Crippen molar-refractivity contribution < 1.29 is 22.7 Å². The van der Waals surface area contributed by atoms with Crippen LogP contribution >= 0.6 is 15.9 Å². The summed E-state index contributed by atoms with van der Waals surface area (Å²) in [6.07, 6.45) is 2.03. The first-order chi connectivity index (χ1) is 16.8. The molecule has 8 nitrogen and oxygen atoms in total. The summed E-state index contributed by atoms with van der Waals surface area (Å²) in [6, 6.07) is 18.6. The van der Waals surface area contributed by atoms with Crippen LogP contribution in [-0.4, -0.2) is 41.3 Å². The van der Waals surface area contributed by atoms with Gasteiger partial charge in [-0.15, -0.1) is 0 Å². The third-order valence-corrected chi connectivity index (χ3v) is 7.48. The minimum atomic E-state index is -4.00. The van der Waals surface area contributed by atoms with E-state index in [2.05, 4.69) is 26.5 Å². The van der Waals surface area contributed by atoms with Crippen molar-refractivity contribution in [3.8, 4) is 11.5 Å². The summed E-state index contributed by atoms with van der Waals surface area (Å²) in [7, 11) is -0.950. The smallest absolute Gasteiger partial charge is 0.264 e. The molecular formula is C25H26BrN3O5S. The predicted octanol–water partition coefficient (Wildman–Crippen LogP) is 4.37. The average molecular weight is 560 g/mol. The van der Waals surface area contributed by atoms with E-state index in [4.69, 9.17) is 9.47 Å². The number of nitrogens with zero attached hydrogens (tertiary/aromatic N) is 2. The highest BCUT2D eigenvalue weighted by Gasteiger charge is 2.28. The fourth-order valence-corrected chi connectivity index (χ4v) is 5.53. The average Bonchev–Trinajstić information content (AvgIpc) is 2.87. The van der Waals surface area contributed by atoms with Crippen molar-refractivity contribution >= 4 is 43.8 Å². The normalized spacial score (nSPS) is 11.3. The molecule has 35 heavy (non-hydrogen) atoms. The van der Waals surface area contributed by atoms with Gasteiger partial charge in [-0.3, -0.25) is 9.10 Å². The zero-order valence-electron chi connectivity index (χ0n) is 19.6. The molecule has 0 radical (unpaired) electrons. The van der Waals surface area contributed by atoms with Gasteiger partial charge in [0, 0.05) is 0 Å². The molecule has 0 heterocycles. The zero-order valence-corrected chi connectivity index (χ0v) is 22.0. The van der Waals surface area contributed by atoms with E-state index in [1.54, 1.807) is 42.5 Å². The summed E-state index contributed by atoms with van der Waals surface area (Å²) in [6.45, 7) is 1.49. The summed E-state index contributed by atoms with van der Waals surface area (Å²) >= 11 is 3.41. The van der Waals surface area contributed by atoms with Gasteiger partial charge in [0.1, 0.15) is 6.54 Å². The summed E-state index contributed by atoms with van der Waals surface area (Å²) in [4.78, 5) is 12.9. The number of carbonyl (C=O) groups excluding carboxylic acids is 1. The fraction of sp³-hybridized carbons (Fsp3) is 0.200. The number of nitrogens with one attached hydrogen (secondary N) is 1. The molecule has 3 aromatic rings. The Morgan fingerprint density at radius 2 is 1.74 bits per heavy atom. The summed E-state index contributed by atoms with van der Waals surface area (Å²) in [5.74, 6) is 0.433. The second kappa shape index (κ2) is 11.9. The number of sulfonamides is 1. The van der Waals surface area contributed by atoms with Gasteiger partial charge in [0.25, 0.3) is 15.9 Å². The standard InChI is InChI=1S/C25H26BrN3O5S/c1-4-19-10-8-9-13-22(19)29(35(31,32)20-11-6-5-7-12-20)17-24(30)28-27-16-18-14-21(26)25(34-3)23(15-18)33-2/h5-16H,4,17H2,1-3H3,(H,28,30)/b27-16-. The molecule has 0 unspecified atom stereocenters. The molecule has 3 rings (SSSR count). The van der Waals surface area contributed by atoms with Crippen LogP contribution in [0, 0.1) is 0 Å². The quantitative estimate of drug-likeness (QED) is 0.294. The van der Waals surface area contributed by atoms with Crippen LogP contribution in [-0.2, 0) is 21.2 Å². The maximum Gasteiger partial charge on any atom is 0.264 e. The molecule has 0 saturated heterocycles. The monoisotopic (exact) mass is 559 g/mol. The Kier molecular flexibility index (Phi) is 8.89. The van der Waals surface area contributed by atoms with Crippen LogP contribution in [0.1, 0.15) is 18.1 Å². The Hall–Kier alpha value is -3.37. The molecule has 10 heteroatoms. The van der Waals surface area contributed by atoms with Crippen LogP contribution < -0.4 is 19.2 Å². The molecule has 0 saturated carbocycles. The summed E-state index contributed by atoms with van der Waals surface area (Å²) in [5, 5.41) is 3.99. The number of benzene rings is 3. The van der Waals surface area contributed by atoms with Crippen molar-refractivity contribution in [2.75, 3.05) is 25.1 Å². The lowest BCUT2D eigenvalue weighted by Gasteiger charge is -2.25. The number of hydrazone groups is 1. The highest BCUT2D eigenvalue weighted by Crippen LogP contribution is 2.35. The molecular weight excluding hydrogens is 534 g/mol. The minimum absolute atomic E-state index is 0.0948. The molecule has 184 valence electrons. The number of aryl methyl sites for hydroxylation is 1. The largest absolute Gasteiger partial charge is 0.493 e. The van der Waals surface area contributed by atoms with Crippen molar-refractivity contribution in [2.24, 2.45) is 5.10 Å². The number of ether oxygens (including phenoxy) is 2. The van der Waals surface area contributed by atoms with Crippen molar-refractivity contribution in [1.29, 1.82) is 0 Å². The third kappa shape index (κ3) is 6.20. The Bertz CT molecular complexity index is 1310. The molecule has 0 bridgehead atoms. The first-order valence-electron chi connectivity index (χ1n) is 10.7. The fourth-order valence-electron chi connectivity index (χ4n) is 3.43. The predicted molar refractivity (Wildman–Crippen MR) is 140 cm³/mol. The lowest BCUT2D eigenvalue weighted by molar-refractivity contribution is -0.119. The Morgan fingerprint density at radius 3 is 2.40 bits per heavy atom. The van der Waals surface area contributed by atoms with E-state index in [0.29, 0.717) is 33.6 Å². The van der Waals surface area contributed by atoms with Crippen LogP contribution in [0.25, 0.3) is 0 Å². The number of hydrogen-bond acceptors (Lipinski definition) is 6. The number of anilines is 1. The van der Waals surface area contributed by atoms with Crippen LogP contribution in [0.2, 0.25) is 0 Å². The maximum atomic E-state index is 13.5. The summed E-state index contributed by atoms with van der Waals surface area (Å²) in [5.41, 5.74) is 4.30.